The normalized spacial score (nSPS) is 41.1. The lowest BCUT2D eigenvalue weighted by Crippen LogP contribution is -2.52. The van der Waals surface area contributed by atoms with Gasteiger partial charge in [-0.05, 0) is 116 Å². The van der Waals surface area contributed by atoms with E-state index in [4.69, 9.17) is 27.3 Å². The minimum Gasteiger partial charge on any atom is -0.324 e. The second-order valence-corrected chi connectivity index (χ2v) is 21.9. The van der Waals surface area contributed by atoms with E-state index in [1.807, 2.05) is 0 Å². The number of nitriles is 1. The summed E-state index contributed by atoms with van der Waals surface area (Å²) in [6.45, 7) is 16.8. The van der Waals surface area contributed by atoms with Gasteiger partial charge in [-0.2, -0.15) is 5.26 Å². The third-order valence-corrected chi connectivity index (χ3v) is 19.1. The highest BCUT2D eigenvalue weighted by atomic mass is 32.2. The van der Waals surface area contributed by atoms with Crippen LogP contribution in [-0.4, -0.2) is 58.1 Å². The van der Waals surface area contributed by atoms with Crippen molar-refractivity contribution in [1.82, 2.24) is 0 Å². The van der Waals surface area contributed by atoms with E-state index >= 15 is 0 Å². The maximum Gasteiger partial charge on any atom is 0.209 e. The molecular formula is C48H69B4NO4S4. The highest BCUT2D eigenvalue weighted by Gasteiger charge is 2.60. The first-order chi connectivity index (χ1) is 31.3. The predicted octanol–water partition coefficient (Wildman–Crippen LogP) is 11.8. The van der Waals surface area contributed by atoms with Gasteiger partial charge in [-0.3, -0.25) is 0 Å². The van der Waals surface area contributed by atoms with Gasteiger partial charge in [-0.1, -0.05) is 172 Å². The molecule has 0 aromatic heterocycles. The summed E-state index contributed by atoms with van der Waals surface area (Å²) in [7, 11) is 5.02. The smallest absolute Gasteiger partial charge is 0.209 e. The third-order valence-electron chi connectivity index (χ3n) is 17.7. The van der Waals surface area contributed by atoms with Crippen LogP contribution in [-0.2, 0) is 16.7 Å². The Hall–Kier alpha value is -0.570. The van der Waals surface area contributed by atoms with Crippen molar-refractivity contribution >= 4 is 75.9 Å². The zero-order valence-corrected chi connectivity index (χ0v) is 40.9. The summed E-state index contributed by atoms with van der Waals surface area (Å²) in [5, 5.41) is 9.07. The maximum atomic E-state index is 9.07. The van der Waals surface area contributed by atoms with E-state index in [-0.39, 0.29) is 40.7 Å². The van der Waals surface area contributed by atoms with Crippen LogP contribution in [0.5, 0.6) is 0 Å². The molecule has 0 aromatic carbocycles. The van der Waals surface area contributed by atoms with E-state index in [1.165, 1.54) is 78.0 Å². The molecule has 8 rings (SSSR count). The highest BCUT2D eigenvalue weighted by molar-refractivity contribution is 8.16. The van der Waals surface area contributed by atoms with E-state index in [1.54, 1.807) is 22.3 Å². The molecule has 5 nitrogen and oxygen atoms in total. The Morgan fingerprint density at radius 2 is 1.13 bits per heavy atom. The number of allylic oxidation sites excluding steroid dienone is 10. The third kappa shape index (κ3) is 8.66. The van der Waals surface area contributed by atoms with Crippen LogP contribution in [0, 0.1) is 68.5 Å². The standard InChI is InChI=1S/C24H33B2NO2S2.C24H36B2O2S2/c1-15(5-4-12-27)19-8-9-20-18-7-6-16-13-17(28-30-25)14-22(29-31-26)24(16,3)21(18)10-11-23(19,20)2;1-5-6-15(2)19-9-10-20-18-8-7-16-13-17(27-29-25)14-22(28-30-26)24(16,4)21(18)11-12-23(19,20)3/h6-8,15,17,20-22,25-26H,4-5,9-11,13-14H2,1-3H3;7-9,15,17,20-22,25-26H,5-6,10-14H2,1-4H3/t2*15-,17+,20?,21?,22-,23+,24-/m00/s1/i2*25T,26T. The van der Waals surface area contributed by atoms with Crippen LogP contribution in [0.15, 0.2) is 69.9 Å². The molecule has 14 atom stereocenters. The molecule has 0 aromatic rings. The minimum atomic E-state index is -0.105. The van der Waals surface area contributed by atoms with Gasteiger partial charge >= 0.3 is 0 Å². The van der Waals surface area contributed by atoms with Crippen LogP contribution in [0.25, 0.3) is 0 Å². The summed E-state index contributed by atoms with van der Waals surface area (Å²) in [5.74, 6) is 3.18. The summed E-state index contributed by atoms with van der Waals surface area (Å²) in [6, 6.07) is 2.32. The summed E-state index contributed by atoms with van der Waals surface area (Å²) in [5.41, 5.74) is 9.56. The topological polar surface area (TPSA) is 60.7 Å². The largest absolute Gasteiger partial charge is 0.324 e. The van der Waals surface area contributed by atoms with E-state index in [0.717, 1.165) is 92.5 Å². The fraction of sp³-hybridized carbons (Fsp3) is 0.729. The summed E-state index contributed by atoms with van der Waals surface area (Å²) >= 11 is 4.45. The zero-order valence-electron chi connectivity index (χ0n) is 41.7. The molecule has 4 saturated carbocycles. The molecule has 0 spiro atoms. The Bertz CT molecular complexity index is 1940. The number of hydrogen-bond donors (Lipinski definition) is 0. The lowest BCUT2D eigenvalue weighted by Gasteiger charge is -2.57. The first-order valence-electron chi connectivity index (χ1n) is 25.3. The van der Waals surface area contributed by atoms with Gasteiger partial charge in [0.25, 0.3) is 0 Å². The second kappa shape index (κ2) is 20.1. The van der Waals surface area contributed by atoms with Gasteiger partial charge in [0, 0.05) is 30.1 Å². The number of fused-ring (bicyclic) bond motifs is 10. The molecule has 4 unspecified atom stereocenters. The lowest BCUT2D eigenvalue weighted by molar-refractivity contribution is -0.0153. The van der Waals surface area contributed by atoms with Crippen LogP contribution >= 0.6 is 47.6 Å². The fourth-order valence-electron chi connectivity index (χ4n) is 14.5. The number of nitrogens with zero attached hydrogens (tertiary/aromatic N) is 1. The molecule has 0 aliphatic heterocycles. The predicted molar refractivity (Wildman–Crippen MR) is 268 cm³/mol. The van der Waals surface area contributed by atoms with Gasteiger partial charge in [0.2, 0.25) is 28.4 Å². The maximum absolute atomic E-state index is 9.07. The molecule has 61 heavy (non-hydrogen) atoms. The van der Waals surface area contributed by atoms with Gasteiger partial charge in [-0.25, -0.2) is 0 Å². The Labute approximate surface area is 397 Å². The molecule has 0 N–H and O–H groups in total. The first-order valence-corrected chi connectivity index (χ1v) is 26.2. The van der Waals surface area contributed by atoms with Gasteiger partial charge in [0.1, 0.15) is 0 Å². The highest BCUT2D eigenvalue weighted by Crippen LogP contribution is 2.67. The molecule has 8 aliphatic rings. The van der Waals surface area contributed by atoms with Crippen molar-refractivity contribution in [2.45, 2.75) is 163 Å². The molecule has 13 heteroatoms. The molecule has 0 heterocycles. The Morgan fingerprint density at radius 1 is 0.689 bits per heavy atom. The van der Waals surface area contributed by atoms with Crippen LogP contribution in [0.2, 0.25) is 0 Å². The molecule has 0 bridgehead atoms. The number of hydrogen-bond acceptors (Lipinski definition) is 9. The van der Waals surface area contributed by atoms with Crippen molar-refractivity contribution in [3.05, 3.63) is 69.9 Å². The van der Waals surface area contributed by atoms with E-state index < -0.39 is 0 Å². The summed E-state index contributed by atoms with van der Waals surface area (Å²) < 4.78 is 53.8. The Kier molecular flexibility index (Phi) is 14.2. The van der Waals surface area contributed by atoms with Crippen molar-refractivity contribution in [3.8, 4) is 6.07 Å². The van der Waals surface area contributed by atoms with Crippen LogP contribution < -0.4 is 0 Å². The van der Waals surface area contributed by atoms with Gasteiger partial charge in [0.15, 0.2) is 0 Å². The van der Waals surface area contributed by atoms with Crippen molar-refractivity contribution in [2.24, 2.45) is 57.2 Å². The zero-order chi connectivity index (χ0) is 46.6. The minimum absolute atomic E-state index is 0.00339. The van der Waals surface area contributed by atoms with Gasteiger partial charge in [0.05, 0.1) is 30.5 Å². The van der Waals surface area contributed by atoms with Crippen molar-refractivity contribution < 1.29 is 16.7 Å². The quantitative estimate of drug-likeness (QED) is 0.0760. The Balaban J connectivity index is 0.000000194. The van der Waals surface area contributed by atoms with Crippen LogP contribution in [0.3, 0.4) is 0 Å². The first kappa shape index (κ1) is 43.0. The number of rotatable bonds is 18. The Morgan fingerprint density at radius 3 is 1.56 bits per heavy atom. The average Bonchev–Trinajstić information content (AvgIpc) is 3.85. The van der Waals surface area contributed by atoms with Crippen LogP contribution in [0.1, 0.15) is 138 Å². The summed E-state index contributed by atoms with van der Waals surface area (Å²) in [6.07, 6.45) is 29.0. The van der Waals surface area contributed by atoms with E-state index in [9.17, 15) is 0 Å². The SMILES string of the molecule is [3H][B]SO[C@@H]1CC2=CC=C3C(CC[C@]4(C)C([C@@H](C)CCC#N)=CCC34)[C@@]2(C)[C@@H](OS[B][3H])C1.[3H][B]SO[C@@H]1CC2=CC=C3C(CC[C@]4(C)C([C@@H](C)CCC)=CCC34)[C@@]2(C)[C@@H](OS[B][3H])C1. The molecule has 0 saturated heterocycles. The fourth-order valence-corrected chi connectivity index (χ4v) is 16.0. The molecule has 4 fully saturated rings. The molecule has 0 amide bonds. The monoisotopic (exact) mass is 903 g/mol. The van der Waals surface area contributed by atoms with Crippen molar-refractivity contribution in [1.29, 1.82) is 10.6 Å². The van der Waals surface area contributed by atoms with Crippen molar-refractivity contribution in [2.75, 3.05) is 0 Å². The van der Waals surface area contributed by atoms with E-state index in [2.05, 4.69) is 91.0 Å². The van der Waals surface area contributed by atoms with Gasteiger partial charge in [-0.15, -0.1) is 0 Å². The van der Waals surface area contributed by atoms with E-state index in [0.29, 0.717) is 47.3 Å². The molecular weight excluding hydrogens is 826 g/mol. The van der Waals surface area contributed by atoms with Crippen molar-refractivity contribution in [3.63, 3.8) is 0 Å². The molecule has 4 radical (unpaired) electrons. The van der Waals surface area contributed by atoms with Gasteiger partial charge < -0.3 is 16.7 Å². The second-order valence-electron chi connectivity index (χ2n) is 20.4. The average molecular weight is 904 g/mol. The summed E-state index contributed by atoms with van der Waals surface area (Å²) in [4.78, 5) is 0. The molecule has 8 aliphatic carbocycles. The lowest BCUT2D eigenvalue weighted by atomic mass is 9.49. The molecule has 326 valence electrons. The van der Waals surface area contributed by atoms with Crippen LogP contribution in [0.4, 0.5) is 0 Å².